The summed E-state index contributed by atoms with van der Waals surface area (Å²) in [5.41, 5.74) is 7.45. The van der Waals surface area contributed by atoms with E-state index >= 15 is 0 Å². The van der Waals surface area contributed by atoms with Gasteiger partial charge < -0.3 is 9.47 Å². The molecule has 4 atom stereocenters. The van der Waals surface area contributed by atoms with Crippen LogP contribution < -0.4 is 0 Å². The van der Waals surface area contributed by atoms with E-state index in [0.717, 1.165) is 37.1 Å². The fourth-order valence-electron chi connectivity index (χ4n) is 5.28. The van der Waals surface area contributed by atoms with Crippen molar-refractivity contribution in [2.24, 2.45) is 15.4 Å². The van der Waals surface area contributed by atoms with Crippen molar-refractivity contribution >= 4 is 11.4 Å². The van der Waals surface area contributed by atoms with E-state index in [0.29, 0.717) is 0 Å². The minimum absolute atomic E-state index is 0.0709. The molecule has 2 aromatic carbocycles. The van der Waals surface area contributed by atoms with Gasteiger partial charge >= 0.3 is 0 Å². The lowest BCUT2D eigenvalue weighted by atomic mass is 10.0. The van der Waals surface area contributed by atoms with E-state index < -0.39 is 0 Å². The average molecular weight is 356 g/mol. The second-order valence-corrected chi connectivity index (χ2v) is 8.44. The Bertz CT molecular complexity index is 957. The number of hydrogen-bond donors (Lipinski definition) is 0. The first-order chi connectivity index (χ1) is 13.3. The molecule has 2 heterocycles. The molecule has 1 saturated carbocycles. The molecule has 0 spiro atoms. The van der Waals surface area contributed by atoms with Crippen LogP contribution in [-0.4, -0.2) is 36.1 Å². The maximum Gasteiger partial charge on any atom is 0.159 e. The zero-order chi connectivity index (χ0) is 17.6. The van der Waals surface area contributed by atoms with Crippen LogP contribution in [0.15, 0.2) is 58.5 Å². The highest BCUT2D eigenvalue weighted by molar-refractivity contribution is 6.09. The van der Waals surface area contributed by atoms with E-state index in [2.05, 4.69) is 48.5 Å². The smallest absolute Gasteiger partial charge is 0.159 e. The molecule has 3 aliphatic carbocycles. The highest BCUT2D eigenvalue weighted by Crippen LogP contribution is 2.58. The van der Waals surface area contributed by atoms with Gasteiger partial charge in [0.2, 0.25) is 0 Å². The Kier molecular flexibility index (Phi) is 2.70. The van der Waals surface area contributed by atoms with Gasteiger partial charge in [-0.15, -0.1) is 0 Å². The second-order valence-electron chi connectivity index (χ2n) is 8.44. The molecule has 2 aliphatic heterocycles. The molecule has 7 rings (SSSR count). The van der Waals surface area contributed by atoms with Crippen LogP contribution in [0.2, 0.25) is 0 Å². The topological polar surface area (TPSA) is 43.2 Å². The van der Waals surface area contributed by atoms with Crippen LogP contribution in [0.4, 0.5) is 0 Å². The number of ether oxygens (including phenoxy) is 2. The maximum absolute atomic E-state index is 6.45. The fourth-order valence-corrected chi connectivity index (χ4v) is 5.28. The normalized spacial score (nSPS) is 33.8. The van der Waals surface area contributed by atoms with Gasteiger partial charge in [-0.05, 0) is 24.0 Å². The fraction of sp³-hybridized carbons (Fsp3) is 0.391. The lowest BCUT2D eigenvalue weighted by Crippen LogP contribution is -2.34. The zero-order valence-electron chi connectivity index (χ0n) is 15.0. The van der Waals surface area contributed by atoms with Gasteiger partial charge in [0.25, 0.3) is 0 Å². The Labute approximate surface area is 157 Å². The quantitative estimate of drug-likeness (QED) is 0.829. The van der Waals surface area contributed by atoms with Crippen molar-refractivity contribution in [3.8, 4) is 0 Å². The number of hydrogen-bond acceptors (Lipinski definition) is 4. The Morgan fingerprint density at radius 1 is 0.704 bits per heavy atom. The Hall–Kier alpha value is -2.30. The van der Waals surface area contributed by atoms with Crippen molar-refractivity contribution in [1.82, 2.24) is 0 Å². The Morgan fingerprint density at radius 2 is 1.19 bits per heavy atom. The van der Waals surface area contributed by atoms with Crippen LogP contribution in [-0.2, 0) is 22.3 Å². The molecular formula is C23H20N2O2. The summed E-state index contributed by atoms with van der Waals surface area (Å²) in [5, 5.41) is 0. The lowest BCUT2D eigenvalue weighted by Gasteiger charge is -2.26. The Morgan fingerprint density at radius 3 is 1.67 bits per heavy atom. The molecule has 134 valence electrons. The molecule has 4 nitrogen and oxygen atoms in total. The zero-order valence-corrected chi connectivity index (χ0v) is 15.0. The standard InChI is InChI=1S/C23H20N2O2/c1-3-7-15-13(5-1)11-17-19(15)24-21(26-17)23(9-10-23)22-25-20-16-8-4-2-6-14(16)12-18(20)27-22/h1-8,17-18,21-22H,9-12H2. The first kappa shape index (κ1) is 14.7. The molecule has 0 saturated heterocycles. The molecule has 4 heteroatoms. The van der Waals surface area contributed by atoms with Gasteiger partial charge in [-0.3, -0.25) is 9.98 Å². The maximum atomic E-state index is 6.45. The summed E-state index contributed by atoms with van der Waals surface area (Å²) in [6, 6.07) is 17.1. The van der Waals surface area contributed by atoms with Crippen LogP contribution in [0.3, 0.4) is 0 Å². The number of aliphatic imine (C=N–C) groups is 2. The summed E-state index contributed by atoms with van der Waals surface area (Å²) >= 11 is 0. The largest absolute Gasteiger partial charge is 0.346 e. The van der Waals surface area contributed by atoms with E-state index in [4.69, 9.17) is 19.5 Å². The molecule has 1 fully saturated rings. The molecule has 27 heavy (non-hydrogen) atoms. The minimum atomic E-state index is -0.116. The molecule has 0 aromatic heterocycles. The summed E-state index contributed by atoms with van der Waals surface area (Å²) in [4.78, 5) is 10.1. The lowest BCUT2D eigenvalue weighted by molar-refractivity contribution is -0.0729. The minimum Gasteiger partial charge on any atom is -0.346 e. The highest BCUT2D eigenvalue weighted by Gasteiger charge is 2.62. The summed E-state index contributed by atoms with van der Waals surface area (Å²) in [5.74, 6) is 0. The summed E-state index contributed by atoms with van der Waals surface area (Å²) in [6.07, 6.45) is 4.04. The predicted octanol–water partition coefficient (Wildman–Crippen LogP) is 3.31. The van der Waals surface area contributed by atoms with Crippen molar-refractivity contribution in [2.75, 3.05) is 0 Å². The number of nitrogens with zero attached hydrogens (tertiary/aromatic N) is 2. The third-order valence-corrected chi connectivity index (χ3v) is 6.92. The van der Waals surface area contributed by atoms with Gasteiger partial charge in [-0.1, -0.05) is 48.5 Å². The van der Waals surface area contributed by atoms with Crippen molar-refractivity contribution in [1.29, 1.82) is 0 Å². The van der Waals surface area contributed by atoms with E-state index in [1.54, 1.807) is 0 Å². The Balaban J connectivity index is 1.22. The molecule has 5 aliphatic rings. The number of fused-ring (bicyclic) bond motifs is 6. The summed E-state index contributed by atoms with van der Waals surface area (Å²) in [6.45, 7) is 0. The first-order valence-corrected chi connectivity index (χ1v) is 9.95. The molecule has 0 bridgehead atoms. The van der Waals surface area contributed by atoms with Gasteiger partial charge in [0.05, 0.1) is 16.8 Å². The summed E-state index contributed by atoms with van der Waals surface area (Å²) < 4.78 is 12.9. The summed E-state index contributed by atoms with van der Waals surface area (Å²) in [7, 11) is 0. The average Bonchev–Trinajstić information content (AvgIpc) is 2.99. The SMILES string of the molecule is c1ccc2c(c1)CC1OC(C3(C4N=C5c6ccccc6CC5O4)CC3)N=C21. The van der Waals surface area contributed by atoms with E-state index in [1.165, 1.54) is 22.3 Å². The van der Waals surface area contributed by atoms with Gasteiger partial charge in [-0.2, -0.15) is 0 Å². The third kappa shape index (κ3) is 1.90. The highest BCUT2D eigenvalue weighted by atomic mass is 16.5. The van der Waals surface area contributed by atoms with Crippen LogP contribution in [0.25, 0.3) is 0 Å². The molecule has 0 radical (unpaired) electrons. The van der Waals surface area contributed by atoms with Crippen LogP contribution in [0.5, 0.6) is 0 Å². The van der Waals surface area contributed by atoms with Gasteiger partial charge in [0.15, 0.2) is 12.5 Å². The van der Waals surface area contributed by atoms with Crippen LogP contribution >= 0.6 is 0 Å². The second kappa shape index (κ2) is 4.94. The molecule has 4 unspecified atom stereocenters. The van der Waals surface area contributed by atoms with Gasteiger partial charge in [0, 0.05) is 24.0 Å². The monoisotopic (exact) mass is 356 g/mol. The molecule has 0 amide bonds. The molecule has 0 N–H and O–H groups in total. The van der Waals surface area contributed by atoms with Gasteiger partial charge in [-0.25, -0.2) is 0 Å². The van der Waals surface area contributed by atoms with Crippen molar-refractivity contribution in [3.63, 3.8) is 0 Å². The van der Waals surface area contributed by atoms with E-state index in [-0.39, 0.29) is 30.1 Å². The predicted molar refractivity (Wildman–Crippen MR) is 102 cm³/mol. The van der Waals surface area contributed by atoms with Crippen LogP contribution in [0, 0.1) is 5.41 Å². The van der Waals surface area contributed by atoms with Crippen LogP contribution in [0.1, 0.15) is 35.1 Å². The number of rotatable bonds is 2. The van der Waals surface area contributed by atoms with E-state index in [1.807, 2.05) is 0 Å². The van der Waals surface area contributed by atoms with E-state index in [9.17, 15) is 0 Å². The third-order valence-electron chi connectivity index (χ3n) is 6.92. The van der Waals surface area contributed by atoms with Crippen molar-refractivity contribution < 1.29 is 9.47 Å². The molecular weight excluding hydrogens is 336 g/mol. The number of benzene rings is 2. The van der Waals surface area contributed by atoms with Crippen molar-refractivity contribution in [2.45, 2.75) is 50.3 Å². The molecule has 2 aromatic rings. The van der Waals surface area contributed by atoms with Gasteiger partial charge in [0.1, 0.15) is 12.2 Å². The van der Waals surface area contributed by atoms with Crippen molar-refractivity contribution in [3.05, 3.63) is 70.8 Å². The first-order valence-electron chi connectivity index (χ1n) is 9.95.